The Hall–Kier alpha value is -2.00. The zero-order valence-corrected chi connectivity index (χ0v) is 16.5. The number of nitrogens with zero attached hydrogens (tertiary/aromatic N) is 1. The first kappa shape index (κ1) is 19.3. The van der Waals surface area contributed by atoms with Gasteiger partial charge in [0.2, 0.25) is 5.91 Å². The molecule has 1 heterocycles. The number of carbonyl (C=O) groups excluding carboxylic acids is 2. The molecule has 0 bridgehead atoms. The molecule has 0 aliphatic heterocycles. The lowest BCUT2D eigenvalue weighted by Gasteiger charge is -2.36. The summed E-state index contributed by atoms with van der Waals surface area (Å²) in [5, 5.41) is 3.37. The van der Waals surface area contributed by atoms with Gasteiger partial charge in [0.25, 0.3) is 0 Å². The highest BCUT2D eigenvalue weighted by Crippen LogP contribution is 2.35. The highest BCUT2D eigenvalue weighted by molar-refractivity contribution is 7.15. The van der Waals surface area contributed by atoms with Gasteiger partial charge >= 0.3 is 5.97 Å². The standard InChI is InChI=1S/C19H26N2O3S/c1-19(2,3)8-7-14-11-15(16(25-14)18(23)24-6)20-13-9-12(10-13)17(22)21(4)5/h11-13,20H,9-10H2,1-6H3/t12-,13-. The van der Waals surface area contributed by atoms with E-state index in [1.54, 1.807) is 19.0 Å². The fourth-order valence-electron chi connectivity index (χ4n) is 2.58. The van der Waals surface area contributed by atoms with Crippen molar-refractivity contribution in [1.82, 2.24) is 4.90 Å². The SMILES string of the molecule is COC(=O)c1sc(C#CC(C)(C)C)cc1N[C@H]1C[C@H](C(=O)N(C)C)C1. The first-order chi connectivity index (χ1) is 11.6. The van der Waals surface area contributed by atoms with E-state index in [1.807, 2.05) is 26.8 Å². The van der Waals surface area contributed by atoms with E-state index in [0.717, 1.165) is 23.4 Å². The summed E-state index contributed by atoms with van der Waals surface area (Å²) >= 11 is 1.34. The number of ether oxygens (including phenoxy) is 1. The van der Waals surface area contributed by atoms with Crippen LogP contribution in [0.25, 0.3) is 0 Å². The number of carbonyl (C=O) groups is 2. The van der Waals surface area contributed by atoms with Crippen molar-refractivity contribution in [3.05, 3.63) is 15.8 Å². The minimum Gasteiger partial charge on any atom is -0.465 e. The predicted octanol–water partition coefficient (Wildman–Crippen LogP) is 3.21. The molecule has 5 nitrogen and oxygen atoms in total. The lowest BCUT2D eigenvalue weighted by atomic mass is 9.79. The van der Waals surface area contributed by atoms with Gasteiger partial charge in [0.15, 0.2) is 0 Å². The minimum absolute atomic E-state index is 0.0628. The van der Waals surface area contributed by atoms with Crippen LogP contribution in [-0.4, -0.2) is 44.0 Å². The number of methoxy groups -OCH3 is 1. The third-order valence-electron chi connectivity index (χ3n) is 3.95. The van der Waals surface area contributed by atoms with Crippen LogP contribution in [0.1, 0.15) is 48.2 Å². The van der Waals surface area contributed by atoms with E-state index in [9.17, 15) is 9.59 Å². The molecule has 6 heteroatoms. The van der Waals surface area contributed by atoms with Crippen LogP contribution in [0.3, 0.4) is 0 Å². The Labute approximate surface area is 153 Å². The van der Waals surface area contributed by atoms with E-state index < -0.39 is 0 Å². The first-order valence-corrected chi connectivity index (χ1v) is 9.15. The van der Waals surface area contributed by atoms with Gasteiger partial charge in [-0.25, -0.2) is 4.79 Å². The summed E-state index contributed by atoms with van der Waals surface area (Å²) in [5.41, 5.74) is 0.646. The lowest BCUT2D eigenvalue weighted by Crippen LogP contribution is -2.44. The topological polar surface area (TPSA) is 58.6 Å². The van der Waals surface area contributed by atoms with Crippen LogP contribution >= 0.6 is 11.3 Å². The van der Waals surface area contributed by atoms with Gasteiger partial charge in [0, 0.05) is 31.5 Å². The third-order valence-corrected chi connectivity index (χ3v) is 4.98. The second kappa shape index (κ2) is 7.49. The van der Waals surface area contributed by atoms with Crippen molar-refractivity contribution in [2.24, 2.45) is 11.3 Å². The molecule has 136 valence electrons. The zero-order valence-electron chi connectivity index (χ0n) is 15.7. The molecule has 0 spiro atoms. The van der Waals surface area contributed by atoms with Crippen molar-refractivity contribution in [2.45, 2.75) is 39.7 Å². The van der Waals surface area contributed by atoms with E-state index in [1.165, 1.54) is 18.4 Å². The van der Waals surface area contributed by atoms with Crippen LogP contribution in [0.15, 0.2) is 6.07 Å². The number of hydrogen-bond donors (Lipinski definition) is 1. The maximum Gasteiger partial charge on any atom is 0.350 e. The van der Waals surface area contributed by atoms with E-state index in [0.29, 0.717) is 4.88 Å². The maximum absolute atomic E-state index is 12.0. The Bertz CT molecular complexity index is 713. The molecule has 1 N–H and O–H groups in total. The quantitative estimate of drug-likeness (QED) is 0.660. The molecular weight excluding hydrogens is 336 g/mol. The van der Waals surface area contributed by atoms with E-state index in [2.05, 4.69) is 17.2 Å². The largest absolute Gasteiger partial charge is 0.465 e. The van der Waals surface area contributed by atoms with Crippen molar-refractivity contribution >= 4 is 28.9 Å². The Balaban J connectivity index is 2.11. The summed E-state index contributed by atoms with van der Waals surface area (Å²) < 4.78 is 4.88. The summed E-state index contributed by atoms with van der Waals surface area (Å²) in [5.74, 6) is 6.18. The average Bonchev–Trinajstić information content (AvgIpc) is 2.89. The first-order valence-electron chi connectivity index (χ1n) is 8.33. The zero-order chi connectivity index (χ0) is 18.8. The van der Waals surface area contributed by atoms with Crippen molar-refractivity contribution in [2.75, 3.05) is 26.5 Å². The number of anilines is 1. The molecule has 0 aromatic carbocycles. The van der Waals surface area contributed by atoms with Crippen molar-refractivity contribution < 1.29 is 14.3 Å². The van der Waals surface area contributed by atoms with Crippen LogP contribution in [0.2, 0.25) is 0 Å². The molecule has 1 saturated carbocycles. The molecule has 1 amide bonds. The summed E-state index contributed by atoms with van der Waals surface area (Å²) in [6, 6.07) is 2.09. The molecule has 1 aromatic rings. The normalized spacial score (nSPS) is 19.3. The molecule has 25 heavy (non-hydrogen) atoms. The molecule has 1 aliphatic carbocycles. The van der Waals surface area contributed by atoms with Gasteiger partial charge < -0.3 is 15.0 Å². The van der Waals surface area contributed by atoms with Crippen LogP contribution in [0, 0.1) is 23.2 Å². The molecule has 0 radical (unpaired) electrons. The molecule has 1 aliphatic rings. The third kappa shape index (κ3) is 4.99. The number of nitrogens with one attached hydrogen (secondary N) is 1. The number of amides is 1. The predicted molar refractivity (Wildman–Crippen MR) is 101 cm³/mol. The molecule has 1 fully saturated rings. The fraction of sp³-hybridized carbons (Fsp3) is 0.579. The highest BCUT2D eigenvalue weighted by Gasteiger charge is 2.36. The summed E-state index contributed by atoms with van der Waals surface area (Å²) in [6.45, 7) is 6.14. The molecule has 0 saturated heterocycles. The molecule has 2 rings (SSSR count). The Morgan fingerprint density at radius 2 is 1.96 bits per heavy atom. The maximum atomic E-state index is 12.0. The Morgan fingerprint density at radius 1 is 1.32 bits per heavy atom. The van der Waals surface area contributed by atoms with Gasteiger partial charge in [-0.2, -0.15) is 0 Å². The van der Waals surface area contributed by atoms with Gasteiger partial charge in [-0.1, -0.05) is 11.8 Å². The van der Waals surface area contributed by atoms with Crippen LogP contribution in [0.5, 0.6) is 0 Å². The Kier molecular flexibility index (Phi) is 5.79. The minimum atomic E-state index is -0.364. The summed E-state index contributed by atoms with van der Waals surface area (Å²) in [6.07, 6.45) is 1.55. The molecule has 0 unspecified atom stereocenters. The van der Waals surface area contributed by atoms with Crippen molar-refractivity contribution in [3.8, 4) is 11.8 Å². The molecule has 0 atom stereocenters. The lowest BCUT2D eigenvalue weighted by molar-refractivity contribution is -0.135. The second-order valence-corrected chi connectivity index (χ2v) is 8.64. The monoisotopic (exact) mass is 362 g/mol. The van der Waals surface area contributed by atoms with Gasteiger partial charge in [0.05, 0.1) is 17.7 Å². The average molecular weight is 362 g/mol. The number of hydrogen-bond acceptors (Lipinski definition) is 5. The van der Waals surface area contributed by atoms with Crippen molar-refractivity contribution in [3.63, 3.8) is 0 Å². The van der Waals surface area contributed by atoms with E-state index >= 15 is 0 Å². The molecular formula is C19H26N2O3S. The van der Waals surface area contributed by atoms with Crippen LogP contribution in [0.4, 0.5) is 5.69 Å². The van der Waals surface area contributed by atoms with E-state index in [4.69, 9.17) is 4.74 Å². The van der Waals surface area contributed by atoms with Gasteiger partial charge in [-0.05, 0) is 39.7 Å². The van der Waals surface area contributed by atoms with E-state index in [-0.39, 0.29) is 29.3 Å². The van der Waals surface area contributed by atoms with Gasteiger partial charge in [0.1, 0.15) is 4.88 Å². The van der Waals surface area contributed by atoms with Crippen LogP contribution in [-0.2, 0) is 9.53 Å². The summed E-state index contributed by atoms with van der Waals surface area (Å²) in [7, 11) is 4.93. The molecule has 1 aromatic heterocycles. The number of rotatable bonds is 4. The smallest absolute Gasteiger partial charge is 0.350 e. The van der Waals surface area contributed by atoms with Crippen LogP contribution < -0.4 is 5.32 Å². The van der Waals surface area contributed by atoms with Gasteiger partial charge in [-0.3, -0.25) is 4.79 Å². The Morgan fingerprint density at radius 3 is 2.48 bits per heavy atom. The number of thiophene rings is 1. The van der Waals surface area contributed by atoms with Crippen molar-refractivity contribution in [1.29, 1.82) is 0 Å². The van der Waals surface area contributed by atoms with Gasteiger partial charge in [-0.15, -0.1) is 11.3 Å². The second-order valence-electron chi connectivity index (χ2n) is 7.59. The highest BCUT2D eigenvalue weighted by atomic mass is 32.1. The fourth-order valence-corrected chi connectivity index (χ4v) is 3.47. The summed E-state index contributed by atoms with van der Waals surface area (Å²) in [4.78, 5) is 27.0. The number of esters is 1.